The van der Waals surface area contributed by atoms with E-state index in [9.17, 15) is 31.1 Å². The van der Waals surface area contributed by atoms with E-state index >= 15 is 0 Å². The van der Waals surface area contributed by atoms with Crippen LogP contribution in [0.5, 0.6) is 0 Å². The number of carbonyl (C=O) groups excluding carboxylic acids is 1. The van der Waals surface area contributed by atoms with Gasteiger partial charge in [0.25, 0.3) is 0 Å². The summed E-state index contributed by atoms with van der Waals surface area (Å²) >= 11 is 0. The van der Waals surface area contributed by atoms with Gasteiger partial charge in [-0.2, -0.15) is 26.3 Å². The second kappa shape index (κ2) is 11.7. The summed E-state index contributed by atoms with van der Waals surface area (Å²) in [6.45, 7) is 0.174. The Morgan fingerprint density at radius 3 is 1.87 bits per heavy atom. The minimum Gasteiger partial charge on any atom is -0.373 e. The Hall–Kier alpha value is -3.53. The van der Waals surface area contributed by atoms with Crippen molar-refractivity contribution >= 4 is 6.03 Å². The highest BCUT2D eigenvalue weighted by molar-refractivity contribution is 5.74. The third-order valence-electron chi connectivity index (χ3n) is 6.95. The molecule has 0 aromatic heterocycles. The number of likely N-dealkylation sites (tertiary alicyclic amines) is 1. The number of benzene rings is 3. The van der Waals surface area contributed by atoms with E-state index in [1.165, 1.54) is 7.05 Å². The third kappa shape index (κ3) is 6.92. The fourth-order valence-electron chi connectivity index (χ4n) is 5.14. The summed E-state index contributed by atoms with van der Waals surface area (Å²) in [6.07, 6.45) is -10.1. The topological polar surface area (TPSA) is 41.6 Å². The maximum atomic E-state index is 13.4. The Bertz CT molecular complexity index is 1180. The number of rotatable bonds is 6. The summed E-state index contributed by atoms with van der Waals surface area (Å²) in [4.78, 5) is 14.2. The van der Waals surface area contributed by atoms with Crippen molar-refractivity contribution in [1.29, 1.82) is 0 Å². The highest BCUT2D eigenvalue weighted by atomic mass is 19.4. The molecule has 0 aliphatic carbocycles. The molecule has 1 aliphatic rings. The molecule has 0 bridgehead atoms. The number of amides is 2. The van der Waals surface area contributed by atoms with Crippen LogP contribution in [0.3, 0.4) is 0 Å². The molecule has 1 aliphatic heterocycles. The van der Waals surface area contributed by atoms with Crippen molar-refractivity contribution in [2.24, 2.45) is 5.92 Å². The number of piperidine rings is 1. The quantitative estimate of drug-likeness (QED) is 0.333. The molecule has 1 fully saturated rings. The molecule has 2 amide bonds. The molecule has 1 N–H and O–H groups in total. The Balaban J connectivity index is 1.69. The Morgan fingerprint density at radius 1 is 0.897 bits per heavy atom. The van der Waals surface area contributed by atoms with Crippen molar-refractivity contribution in [1.82, 2.24) is 10.2 Å². The number of hydrogen-bond acceptors (Lipinski definition) is 2. The standard InChI is InChI=1S/C29H28F6N2O2/c1-36-27(38)37-13-12-25(39-18-19-14-22(28(30,31)32)16-23(15-19)29(33,34)35)24(17-37)26(20-8-4-2-5-9-20)21-10-6-3-7-11-21/h2-11,14-16,24-26H,12-13,17-18H2,1H3,(H,36,38)/t24-,25+/m0/s1. The normalized spacial score (nSPS) is 18.3. The van der Waals surface area contributed by atoms with Gasteiger partial charge < -0.3 is 15.0 Å². The van der Waals surface area contributed by atoms with E-state index in [0.717, 1.165) is 11.1 Å². The largest absolute Gasteiger partial charge is 0.416 e. The number of carbonyl (C=O) groups is 1. The van der Waals surface area contributed by atoms with Gasteiger partial charge in [0.05, 0.1) is 23.8 Å². The number of alkyl halides is 6. The van der Waals surface area contributed by atoms with Crippen LogP contribution in [-0.4, -0.2) is 37.2 Å². The van der Waals surface area contributed by atoms with E-state index in [1.54, 1.807) is 4.90 Å². The van der Waals surface area contributed by atoms with Crippen LogP contribution in [0.15, 0.2) is 78.9 Å². The van der Waals surface area contributed by atoms with E-state index in [1.807, 2.05) is 60.7 Å². The van der Waals surface area contributed by atoms with Gasteiger partial charge >= 0.3 is 18.4 Å². The molecule has 3 aromatic rings. The van der Waals surface area contributed by atoms with Gasteiger partial charge in [0.15, 0.2) is 0 Å². The zero-order valence-corrected chi connectivity index (χ0v) is 21.1. The van der Waals surface area contributed by atoms with Gasteiger partial charge in [-0.3, -0.25) is 0 Å². The molecule has 0 spiro atoms. The van der Waals surface area contributed by atoms with E-state index in [2.05, 4.69) is 5.32 Å². The van der Waals surface area contributed by atoms with Gasteiger partial charge in [-0.1, -0.05) is 60.7 Å². The molecular formula is C29H28F6N2O2. The first kappa shape index (κ1) is 28.5. The predicted molar refractivity (Wildman–Crippen MR) is 134 cm³/mol. The van der Waals surface area contributed by atoms with E-state index < -0.39 is 36.2 Å². The first-order valence-electron chi connectivity index (χ1n) is 12.4. The number of nitrogens with zero attached hydrogens (tertiary/aromatic N) is 1. The first-order valence-corrected chi connectivity index (χ1v) is 12.4. The van der Waals surface area contributed by atoms with Crippen LogP contribution in [0.4, 0.5) is 31.1 Å². The lowest BCUT2D eigenvalue weighted by Gasteiger charge is -2.42. The zero-order chi connectivity index (χ0) is 28.2. The SMILES string of the molecule is CNC(=O)N1CC[C@@H](OCc2cc(C(F)(F)F)cc(C(F)(F)F)c2)[C@@H](C(c2ccccc2)c2ccccc2)C1. The highest BCUT2D eigenvalue weighted by Gasteiger charge is 2.40. The van der Waals surface area contributed by atoms with Crippen LogP contribution in [0.25, 0.3) is 0 Å². The molecule has 4 nitrogen and oxygen atoms in total. The molecule has 0 saturated carbocycles. The summed E-state index contributed by atoms with van der Waals surface area (Å²) in [6, 6.07) is 20.4. The Labute approximate surface area is 222 Å². The van der Waals surface area contributed by atoms with Crippen molar-refractivity contribution in [3.8, 4) is 0 Å². The summed E-state index contributed by atoms with van der Waals surface area (Å²) in [7, 11) is 1.53. The van der Waals surface area contributed by atoms with Crippen LogP contribution in [0.1, 0.15) is 40.2 Å². The molecule has 0 unspecified atom stereocenters. The fraction of sp³-hybridized carbons (Fsp3) is 0.345. The van der Waals surface area contributed by atoms with Crippen molar-refractivity contribution in [3.63, 3.8) is 0 Å². The van der Waals surface area contributed by atoms with Crippen LogP contribution in [0, 0.1) is 5.92 Å². The lowest BCUT2D eigenvalue weighted by molar-refractivity contribution is -0.143. The number of urea groups is 1. The van der Waals surface area contributed by atoms with Crippen molar-refractivity contribution < 1.29 is 35.9 Å². The van der Waals surface area contributed by atoms with Gasteiger partial charge in [-0.25, -0.2) is 4.79 Å². The van der Waals surface area contributed by atoms with Gasteiger partial charge in [-0.15, -0.1) is 0 Å². The second-order valence-corrected chi connectivity index (χ2v) is 9.52. The van der Waals surface area contributed by atoms with Crippen molar-refractivity contribution in [3.05, 3.63) is 107 Å². The fourth-order valence-corrected chi connectivity index (χ4v) is 5.14. The summed E-state index contributed by atoms with van der Waals surface area (Å²) in [5.74, 6) is -0.564. The Morgan fingerprint density at radius 2 is 1.41 bits per heavy atom. The number of hydrogen-bond donors (Lipinski definition) is 1. The summed E-state index contributed by atoms with van der Waals surface area (Å²) in [5.41, 5.74) is -1.07. The molecular weight excluding hydrogens is 522 g/mol. The van der Waals surface area contributed by atoms with Gasteiger partial charge in [0.1, 0.15) is 0 Å². The van der Waals surface area contributed by atoms with Crippen LogP contribution in [0.2, 0.25) is 0 Å². The first-order chi connectivity index (χ1) is 18.5. The van der Waals surface area contributed by atoms with Crippen molar-refractivity contribution in [2.75, 3.05) is 20.1 Å². The van der Waals surface area contributed by atoms with Gasteiger partial charge in [0, 0.05) is 32.0 Å². The number of ether oxygens (including phenoxy) is 1. The number of nitrogens with one attached hydrogen (secondary N) is 1. The predicted octanol–water partition coefficient (Wildman–Crippen LogP) is 7.10. The smallest absolute Gasteiger partial charge is 0.373 e. The summed E-state index contributed by atoms with van der Waals surface area (Å²) < 4.78 is 86.4. The molecule has 10 heteroatoms. The minimum atomic E-state index is -4.94. The van der Waals surface area contributed by atoms with E-state index in [4.69, 9.17) is 4.74 Å². The van der Waals surface area contributed by atoms with Crippen LogP contribution >= 0.6 is 0 Å². The summed E-state index contributed by atoms with van der Waals surface area (Å²) in [5, 5.41) is 2.62. The molecule has 39 heavy (non-hydrogen) atoms. The van der Waals surface area contributed by atoms with Crippen LogP contribution in [-0.2, 0) is 23.7 Å². The highest BCUT2D eigenvalue weighted by Crippen LogP contribution is 2.40. The van der Waals surface area contributed by atoms with Crippen molar-refractivity contribution in [2.45, 2.75) is 37.4 Å². The molecule has 2 atom stereocenters. The lowest BCUT2D eigenvalue weighted by atomic mass is 9.75. The molecule has 1 saturated heterocycles. The Kier molecular flexibility index (Phi) is 8.54. The average molecular weight is 551 g/mol. The van der Waals surface area contributed by atoms with Gasteiger partial charge in [0.2, 0.25) is 0 Å². The molecule has 3 aromatic carbocycles. The maximum absolute atomic E-state index is 13.4. The van der Waals surface area contributed by atoms with E-state index in [-0.39, 0.29) is 36.0 Å². The lowest BCUT2D eigenvalue weighted by Crippen LogP contribution is -2.51. The average Bonchev–Trinajstić information content (AvgIpc) is 2.92. The van der Waals surface area contributed by atoms with Crippen LogP contribution < -0.4 is 5.32 Å². The molecule has 0 radical (unpaired) electrons. The maximum Gasteiger partial charge on any atom is 0.416 e. The van der Waals surface area contributed by atoms with E-state index in [0.29, 0.717) is 25.1 Å². The monoisotopic (exact) mass is 550 g/mol. The number of halogens is 6. The molecule has 208 valence electrons. The zero-order valence-electron chi connectivity index (χ0n) is 21.1. The second-order valence-electron chi connectivity index (χ2n) is 9.52. The third-order valence-corrected chi connectivity index (χ3v) is 6.95. The molecule has 1 heterocycles. The molecule has 4 rings (SSSR count). The van der Waals surface area contributed by atoms with Gasteiger partial charge in [-0.05, 0) is 41.3 Å². The minimum absolute atomic E-state index is 0.106.